The van der Waals surface area contributed by atoms with Crippen LogP contribution in [-0.2, 0) is 6.18 Å². The Hall–Kier alpha value is -2.57. The molecule has 1 aliphatic rings. The van der Waals surface area contributed by atoms with Gasteiger partial charge in [0.25, 0.3) is 5.91 Å². The number of carbonyl (C=O) groups is 1. The van der Waals surface area contributed by atoms with Crippen molar-refractivity contribution >= 4 is 17.4 Å². The third-order valence-electron chi connectivity index (χ3n) is 3.75. The molecule has 24 heavy (non-hydrogen) atoms. The molecular formula is C17H16F3N3O. The second-order valence-electron chi connectivity index (χ2n) is 5.76. The average Bonchev–Trinajstić information content (AvgIpc) is 3.37. The first kappa shape index (κ1) is 16.3. The number of nitrogens with zero attached hydrogens (tertiary/aromatic N) is 1. The molecule has 0 atom stereocenters. The first-order valence-corrected chi connectivity index (χ1v) is 7.61. The van der Waals surface area contributed by atoms with E-state index in [4.69, 9.17) is 0 Å². The van der Waals surface area contributed by atoms with Crippen molar-refractivity contribution < 1.29 is 18.0 Å². The van der Waals surface area contributed by atoms with Gasteiger partial charge in [0, 0.05) is 18.4 Å². The number of pyridine rings is 1. The molecule has 1 aliphatic carbocycles. The first-order chi connectivity index (χ1) is 11.4. The van der Waals surface area contributed by atoms with Crippen LogP contribution in [0.1, 0.15) is 28.8 Å². The van der Waals surface area contributed by atoms with Gasteiger partial charge in [0.05, 0.1) is 11.1 Å². The maximum absolute atomic E-state index is 12.8. The lowest BCUT2D eigenvalue weighted by atomic mass is 10.2. The van der Waals surface area contributed by atoms with Gasteiger partial charge in [-0.05, 0) is 49.1 Å². The topological polar surface area (TPSA) is 54.0 Å². The normalized spacial score (nSPS) is 14.3. The molecule has 1 amide bonds. The molecular weight excluding hydrogens is 319 g/mol. The predicted octanol–water partition coefficient (Wildman–Crippen LogP) is 3.98. The van der Waals surface area contributed by atoms with E-state index in [9.17, 15) is 18.0 Å². The summed E-state index contributed by atoms with van der Waals surface area (Å²) in [5.41, 5.74) is -0.238. The van der Waals surface area contributed by atoms with Crippen LogP contribution in [0, 0.1) is 5.92 Å². The van der Waals surface area contributed by atoms with Crippen LogP contribution in [0.4, 0.5) is 24.7 Å². The molecule has 126 valence electrons. The molecule has 7 heteroatoms. The highest BCUT2D eigenvalue weighted by molar-refractivity contribution is 5.99. The fourth-order valence-corrected chi connectivity index (χ4v) is 2.25. The van der Waals surface area contributed by atoms with Crippen LogP contribution in [0.3, 0.4) is 0 Å². The minimum absolute atomic E-state index is 0.222. The van der Waals surface area contributed by atoms with Gasteiger partial charge < -0.3 is 10.6 Å². The van der Waals surface area contributed by atoms with E-state index in [2.05, 4.69) is 15.6 Å². The lowest BCUT2D eigenvalue weighted by molar-refractivity contribution is -0.137. The number of alkyl halides is 3. The summed E-state index contributed by atoms with van der Waals surface area (Å²) in [5, 5.41) is 5.62. The number of amides is 1. The van der Waals surface area contributed by atoms with Crippen molar-refractivity contribution in [3.63, 3.8) is 0 Å². The molecule has 1 fully saturated rings. The molecule has 1 saturated carbocycles. The summed E-state index contributed by atoms with van der Waals surface area (Å²) in [4.78, 5) is 16.3. The Bertz CT molecular complexity index is 742. The molecule has 0 saturated heterocycles. The molecule has 0 bridgehead atoms. The Balaban J connectivity index is 1.78. The lowest BCUT2D eigenvalue weighted by Gasteiger charge is -2.13. The van der Waals surface area contributed by atoms with Crippen LogP contribution in [-0.4, -0.2) is 17.4 Å². The van der Waals surface area contributed by atoms with Crippen LogP contribution in [0.15, 0.2) is 42.6 Å². The number of rotatable bonds is 5. The molecule has 2 N–H and O–H groups in total. The van der Waals surface area contributed by atoms with Crippen LogP contribution in [0.2, 0.25) is 0 Å². The number of hydrogen-bond acceptors (Lipinski definition) is 3. The van der Waals surface area contributed by atoms with Gasteiger partial charge in [-0.15, -0.1) is 0 Å². The summed E-state index contributed by atoms with van der Waals surface area (Å²) in [6.45, 7) is 0.608. The standard InChI is InChI=1S/C17H16F3N3O/c18-17(19,20)12-3-1-4-13(9-12)23-15-14(5-2-8-21-15)16(24)22-10-11-6-7-11/h1-5,8-9,11H,6-7,10H2,(H,21,23)(H,22,24). The van der Waals surface area contributed by atoms with Crippen molar-refractivity contribution in [2.75, 3.05) is 11.9 Å². The fourth-order valence-electron chi connectivity index (χ4n) is 2.25. The van der Waals surface area contributed by atoms with Gasteiger partial charge in [-0.3, -0.25) is 4.79 Å². The zero-order valence-corrected chi connectivity index (χ0v) is 12.7. The first-order valence-electron chi connectivity index (χ1n) is 7.61. The molecule has 1 aromatic heterocycles. The molecule has 4 nitrogen and oxygen atoms in total. The molecule has 0 unspecified atom stereocenters. The highest BCUT2D eigenvalue weighted by Crippen LogP contribution is 2.31. The number of anilines is 2. The van der Waals surface area contributed by atoms with E-state index in [1.807, 2.05) is 0 Å². The Labute approximate surface area is 137 Å². The summed E-state index contributed by atoms with van der Waals surface area (Å²) in [7, 11) is 0. The van der Waals surface area contributed by atoms with E-state index in [-0.39, 0.29) is 17.4 Å². The van der Waals surface area contributed by atoms with Crippen LogP contribution in [0.5, 0.6) is 0 Å². The third-order valence-corrected chi connectivity index (χ3v) is 3.75. The van der Waals surface area contributed by atoms with Crippen molar-refractivity contribution in [1.29, 1.82) is 0 Å². The van der Waals surface area contributed by atoms with E-state index in [0.717, 1.165) is 25.0 Å². The van der Waals surface area contributed by atoms with Gasteiger partial charge in [0.15, 0.2) is 0 Å². The van der Waals surface area contributed by atoms with E-state index >= 15 is 0 Å². The quantitative estimate of drug-likeness (QED) is 0.869. The summed E-state index contributed by atoms with van der Waals surface area (Å²) in [6, 6.07) is 7.98. The number of aromatic nitrogens is 1. The SMILES string of the molecule is O=C(NCC1CC1)c1cccnc1Nc1cccc(C(F)(F)F)c1. The zero-order valence-electron chi connectivity index (χ0n) is 12.7. The van der Waals surface area contributed by atoms with E-state index in [1.165, 1.54) is 18.3 Å². The van der Waals surface area contributed by atoms with Crippen molar-refractivity contribution in [2.24, 2.45) is 5.92 Å². The van der Waals surface area contributed by atoms with Crippen molar-refractivity contribution in [2.45, 2.75) is 19.0 Å². The number of hydrogen-bond donors (Lipinski definition) is 2. The second-order valence-corrected chi connectivity index (χ2v) is 5.76. The molecule has 1 heterocycles. The minimum atomic E-state index is -4.42. The molecule has 2 aromatic rings. The van der Waals surface area contributed by atoms with E-state index in [0.29, 0.717) is 18.0 Å². The summed E-state index contributed by atoms with van der Waals surface area (Å²) in [6.07, 6.45) is -0.717. The smallest absolute Gasteiger partial charge is 0.352 e. The Kier molecular flexibility index (Phi) is 4.42. The van der Waals surface area contributed by atoms with Crippen molar-refractivity contribution in [1.82, 2.24) is 10.3 Å². The van der Waals surface area contributed by atoms with Gasteiger partial charge in [-0.2, -0.15) is 13.2 Å². The summed E-state index contributed by atoms with van der Waals surface area (Å²) < 4.78 is 38.4. The Morgan fingerprint density at radius 3 is 2.71 bits per heavy atom. The maximum Gasteiger partial charge on any atom is 0.416 e. The Morgan fingerprint density at radius 2 is 2.00 bits per heavy atom. The number of nitrogens with one attached hydrogen (secondary N) is 2. The van der Waals surface area contributed by atoms with Gasteiger partial charge in [-0.1, -0.05) is 6.07 Å². The van der Waals surface area contributed by atoms with Crippen LogP contribution >= 0.6 is 0 Å². The molecule has 3 rings (SSSR count). The Morgan fingerprint density at radius 1 is 1.21 bits per heavy atom. The fraction of sp³-hybridized carbons (Fsp3) is 0.294. The third kappa shape index (κ3) is 4.04. The molecule has 0 radical (unpaired) electrons. The highest BCUT2D eigenvalue weighted by Gasteiger charge is 2.30. The highest BCUT2D eigenvalue weighted by atomic mass is 19.4. The summed E-state index contributed by atoms with van der Waals surface area (Å²) in [5.74, 6) is 0.472. The largest absolute Gasteiger partial charge is 0.416 e. The number of benzene rings is 1. The predicted molar refractivity (Wildman–Crippen MR) is 84.0 cm³/mol. The number of halogens is 3. The van der Waals surface area contributed by atoms with Gasteiger partial charge in [-0.25, -0.2) is 4.98 Å². The maximum atomic E-state index is 12.8. The van der Waals surface area contributed by atoms with Crippen molar-refractivity contribution in [3.8, 4) is 0 Å². The molecule has 0 spiro atoms. The average molecular weight is 335 g/mol. The molecule has 1 aromatic carbocycles. The van der Waals surface area contributed by atoms with Gasteiger partial charge >= 0.3 is 6.18 Å². The monoisotopic (exact) mass is 335 g/mol. The minimum Gasteiger partial charge on any atom is -0.352 e. The lowest BCUT2D eigenvalue weighted by Crippen LogP contribution is -2.26. The summed E-state index contributed by atoms with van der Waals surface area (Å²) >= 11 is 0. The zero-order chi connectivity index (χ0) is 17.2. The number of carbonyl (C=O) groups excluding carboxylic acids is 1. The van der Waals surface area contributed by atoms with Crippen LogP contribution < -0.4 is 10.6 Å². The van der Waals surface area contributed by atoms with E-state index < -0.39 is 11.7 Å². The van der Waals surface area contributed by atoms with Crippen LogP contribution in [0.25, 0.3) is 0 Å². The molecule has 0 aliphatic heterocycles. The van der Waals surface area contributed by atoms with E-state index in [1.54, 1.807) is 12.1 Å². The second kappa shape index (κ2) is 6.51. The van der Waals surface area contributed by atoms with Gasteiger partial charge in [0.1, 0.15) is 5.82 Å². The van der Waals surface area contributed by atoms with Gasteiger partial charge in [0.2, 0.25) is 0 Å². The van der Waals surface area contributed by atoms with Crippen molar-refractivity contribution in [3.05, 3.63) is 53.7 Å².